The number of amides is 2. The molecule has 1 aliphatic rings. The minimum absolute atomic E-state index is 0.0434. The van der Waals surface area contributed by atoms with Crippen LogP contribution in [0.2, 0.25) is 0 Å². The molecule has 10 heteroatoms. The van der Waals surface area contributed by atoms with E-state index in [2.05, 4.69) is 20.3 Å². The molecule has 0 saturated carbocycles. The normalized spacial score (nSPS) is 18.8. The Kier molecular flexibility index (Phi) is 5.28. The molecule has 8 nitrogen and oxygen atoms in total. The van der Waals surface area contributed by atoms with Crippen LogP contribution in [-0.2, 0) is 16.4 Å². The average Bonchev–Trinajstić information content (AvgIpc) is 3.21. The smallest absolute Gasteiger partial charge is 0.317 e. The Morgan fingerprint density at radius 2 is 2.28 bits per heavy atom. The van der Waals surface area contributed by atoms with Crippen molar-refractivity contribution in [3.8, 4) is 10.7 Å². The van der Waals surface area contributed by atoms with Gasteiger partial charge in [0.25, 0.3) is 0 Å². The lowest BCUT2D eigenvalue weighted by Crippen LogP contribution is -2.46. The first-order valence-corrected chi connectivity index (χ1v) is 10.6. The van der Waals surface area contributed by atoms with Gasteiger partial charge in [0.15, 0.2) is 9.84 Å². The number of sulfone groups is 1. The molecule has 1 fully saturated rings. The maximum Gasteiger partial charge on any atom is 0.317 e. The zero-order chi connectivity index (χ0) is 17.9. The van der Waals surface area contributed by atoms with E-state index >= 15 is 0 Å². The summed E-state index contributed by atoms with van der Waals surface area (Å²) in [6.07, 6.45) is 5.34. The quantitative estimate of drug-likeness (QED) is 0.837. The van der Waals surface area contributed by atoms with Gasteiger partial charge in [-0.1, -0.05) is 0 Å². The van der Waals surface area contributed by atoms with Crippen LogP contribution >= 0.6 is 11.3 Å². The highest BCUT2D eigenvalue weighted by atomic mass is 32.2. The Labute approximate surface area is 150 Å². The van der Waals surface area contributed by atoms with Crippen LogP contribution in [0.3, 0.4) is 0 Å². The van der Waals surface area contributed by atoms with Gasteiger partial charge in [-0.05, 0) is 13.3 Å². The van der Waals surface area contributed by atoms with Crippen molar-refractivity contribution in [2.45, 2.75) is 25.9 Å². The van der Waals surface area contributed by atoms with Crippen molar-refractivity contribution in [3.63, 3.8) is 0 Å². The van der Waals surface area contributed by atoms with Crippen LogP contribution in [0.5, 0.6) is 0 Å². The van der Waals surface area contributed by atoms with E-state index in [-0.39, 0.29) is 30.1 Å². The van der Waals surface area contributed by atoms with Gasteiger partial charge < -0.3 is 10.2 Å². The zero-order valence-electron chi connectivity index (χ0n) is 13.8. The van der Waals surface area contributed by atoms with Crippen molar-refractivity contribution in [1.29, 1.82) is 0 Å². The third-order valence-electron chi connectivity index (χ3n) is 4.01. The molecule has 2 aromatic rings. The summed E-state index contributed by atoms with van der Waals surface area (Å²) in [5, 5.41) is 5.42. The zero-order valence-corrected chi connectivity index (χ0v) is 15.4. The Morgan fingerprint density at radius 1 is 1.44 bits per heavy atom. The van der Waals surface area contributed by atoms with E-state index in [0.29, 0.717) is 18.7 Å². The summed E-state index contributed by atoms with van der Waals surface area (Å²) in [4.78, 5) is 26.6. The Morgan fingerprint density at radius 3 is 2.92 bits per heavy atom. The van der Waals surface area contributed by atoms with Crippen molar-refractivity contribution in [2.24, 2.45) is 0 Å². The number of aromatic nitrogens is 3. The molecule has 0 aromatic carbocycles. The summed E-state index contributed by atoms with van der Waals surface area (Å²) < 4.78 is 23.2. The number of carbonyl (C=O) groups excluding carboxylic acids is 1. The highest BCUT2D eigenvalue weighted by Gasteiger charge is 2.33. The molecule has 0 radical (unpaired) electrons. The number of hydrogen-bond acceptors (Lipinski definition) is 7. The molecular weight excluding hydrogens is 362 g/mol. The van der Waals surface area contributed by atoms with Gasteiger partial charge in [-0.25, -0.2) is 18.2 Å². The van der Waals surface area contributed by atoms with Gasteiger partial charge in [0.05, 0.1) is 29.9 Å². The van der Waals surface area contributed by atoms with Crippen LogP contribution in [0.1, 0.15) is 19.0 Å². The van der Waals surface area contributed by atoms with Crippen molar-refractivity contribution >= 4 is 27.2 Å². The molecule has 1 saturated heterocycles. The van der Waals surface area contributed by atoms with Crippen LogP contribution < -0.4 is 5.32 Å². The highest BCUT2D eigenvalue weighted by Crippen LogP contribution is 2.21. The largest absolute Gasteiger partial charge is 0.332 e. The second-order valence-electron chi connectivity index (χ2n) is 5.74. The third-order valence-corrected chi connectivity index (χ3v) is 6.67. The predicted octanol–water partition coefficient (Wildman–Crippen LogP) is 1.32. The summed E-state index contributed by atoms with van der Waals surface area (Å²) in [6.45, 7) is 2.60. The van der Waals surface area contributed by atoms with E-state index in [4.69, 9.17) is 0 Å². The topological polar surface area (TPSA) is 105 Å². The van der Waals surface area contributed by atoms with E-state index in [9.17, 15) is 13.2 Å². The van der Waals surface area contributed by atoms with E-state index in [0.717, 1.165) is 10.7 Å². The molecule has 0 aliphatic carbocycles. The predicted molar refractivity (Wildman–Crippen MR) is 94.8 cm³/mol. The number of hydrogen-bond donors (Lipinski definition) is 1. The minimum Gasteiger partial charge on any atom is -0.332 e. The Bertz CT molecular complexity index is 838. The first kappa shape index (κ1) is 17.7. The molecule has 1 N–H and O–H groups in total. The summed E-state index contributed by atoms with van der Waals surface area (Å²) in [6, 6.07) is -0.515. The lowest BCUT2D eigenvalue weighted by Gasteiger charge is -2.26. The monoisotopic (exact) mass is 381 g/mol. The van der Waals surface area contributed by atoms with E-state index in [1.807, 2.05) is 12.3 Å². The van der Waals surface area contributed by atoms with Gasteiger partial charge in [0.1, 0.15) is 10.7 Å². The SMILES string of the molecule is CCN(C(=O)NCc1csc(-c2cnccn2)n1)C1CCS(=O)(=O)C1. The van der Waals surface area contributed by atoms with Crippen molar-refractivity contribution < 1.29 is 13.2 Å². The van der Waals surface area contributed by atoms with Crippen LogP contribution in [0.4, 0.5) is 4.79 Å². The molecule has 134 valence electrons. The standard InChI is InChI=1S/C15H19N5O3S2/c1-2-20(12-3-6-25(22,23)10-12)15(21)18-7-11-9-24-14(19-11)13-8-16-4-5-17-13/h4-5,8-9,12H,2-3,6-7,10H2,1H3,(H,18,21). The molecule has 25 heavy (non-hydrogen) atoms. The maximum atomic E-state index is 12.4. The number of nitrogens with zero attached hydrogens (tertiary/aromatic N) is 4. The molecule has 0 bridgehead atoms. The number of rotatable bonds is 5. The lowest BCUT2D eigenvalue weighted by atomic mass is 10.2. The molecule has 1 aliphatic heterocycles. The fraction of sp³-hybridized carbons (Fsp3) is 0.467. The second-order valence-corrected chi connectivity index (χ2v) is 8.82. The molecule has 1 unspecified atom stereocenters. The van der Waals surface area contributed by atoms with Crippen LogP contribution in [-0.4, -0.2) is 58.4 Å². The minimum atomic E-state index is -3.02. The van der Waals surface area contributed by atoms with Crippen LogP contribution in [0.25, 0.3) is 10.7 Å². The first-order valence-electron chi connectivity index (χ1n) is 7.94. The van der Waals surface area contributed by atoms with E-state index in [1.165, 1.54) is 11.3 Å². The second kappa shape index (κ2) is 7.44. The van der Waals surface area contributed by atoms with Crippen molar-refractivity contribution in [1.82, 2.24) is 25.2 Å². The molecular formula is C15H19N5O3S2. The molecule has 2 aromatic heterocycles. The Balaban J connectivity index is 1.59. The highest BCUT2D eigenvalue weighted by molar-refractivity contribution is 7.91. The van der Waals surface area contributed by atoms with Gasteiger partial charge in [-0.2, -0.15) is 0 Å². The summed E-state index contributed by atoms with van der Waals surface area (Å²) >= 11 is 1.44. The number of thiazole rings is 1. The number of carbonyl (C=O) groups is 1. The van der Waals surface area contributed by atoms with Crippen LogP contribution in [0.15, 0.2) is 24.0 Å². The lowest BCUT2D eigenvalue weighted by molar-refractivity contribution is 0.183. The van der Waals surface area contributed by atoms with Crippen molar-refractivity contribution in [2.75, 3.05) is 18.1 Å². The number of urea groups is 1. The van der Waals surface area contributed by atoms with Crippen molar-refractivity contribution in [3.05, 3.63) is 29.7 Å². The summed E-state index contributed by atoms with van der Waals surface area (Å²) in [5.74, 6) is 0.191. The van der Waals surface area contributed by atoms with Gasteiger partial charge in [0.2, 0.25) is 0 Å². The average molecular weight is 381 g/mol. The Hall–Kier alpha value is -2.07. The van der Waals surface area contributed by atoms with Gasteiger partial charge in [-0.3, -0.25) is 9.97 Å². The summed E-state index contributed by atoms with van der Waals surface area (Å²) in [5.41, 5.74) is 1.42. The molecule has 0 spiro atoms. The molecule has 3 rings (SSSR count). The fourth-order valence-corrected chi connectivity index (χ4v) is 5.28. The van der Waals surface area contributed by atoms with E-state index in [1.54, 1.807) is 23.5 Å². The first-order chi connectivity index (χ1) is 12.0. The van der Waals surface area contributed by atoms with E-state index < -0.39 is 9.84 Å². The van der Waals surface area contributed by atoms with Crippen LogP contribution in [0, 0.1) is 0 Å². The molecule has 1 atom stereocenters. The van der Waals surface area contributed by atoms with Gasteiger partial charge >= 0.3 is 6.03 Å². The molecule has 3 heterocycles. The maximum absolute atomic E-state index is 12.4. The van der Waals surface area contributed by atoms with Gasteiger partial charge in [0, 0.05) is 30.4 Å². The number of nitrogens with one attached hydrogen (secondary N) is 1. The fourth-order valence-electron chi connectivity index (χ4n) is 2.77. The molecule has 2 amide bonds. The third kappa shape index (κ3) is 4.31. The van der Waals surface area contributed by atoms with Gasteiger partial charge in [-0.15, -0.1) is 11.3 Å². The summed E-state index contributed by atoms with van der Waals surface area (Å²) in [7, 11) is -3.02.